The SMILES string of the molecule is CC1(C)C(=O)NCCN1Cc1cncc(Br)c1. The van der Waals surface area contributed by atoms with Gasteiger partial charge in [0.25, 0.3) is 0 Å². The Morgan fingerprint density at radius 2 is 2.29 bits per heavy atom. The number of amides is 1. The number of halogens is 1. The fourth-order valence-electron chi connectivity index (χ4n) is 1.98. The number of carbonyl (C=O) groups excluding carboxylic acids is 1. The van der Waals surface area contributed by atoms with Crippen LogP contribution in [0, 0.1) is 0 Å². The third-order valence-corrected chi connectivity index (χ3v) is 3.58. The van der Waals surface area contributed by atoms with E-state index in [4.69, 9.17) is 0 Å². The van der Waals surface area contributed by atoms with Gasteiger partial charge >= 0.3 is 0 Å². The smallest absolute Gasteiger partial charge is 0.240 e. The first-order chi connectivity index (χ1) is 8.00. The summed E-state index contributed by atoms with van der Waals surface area (Å²) < 4.78 is 0.967. The molecule has 4 nitrogen and oxygen atoms in total. The largest absolute Gasteiger partial charge is 0.353 e. The molecule has 1 N–H and O–H groups in total. The lowest BCUT2D eigenvalue weighted by atomic mass is 9.98. The molecule has 0 atom stereocenters. The van der Waals surface area contributed by atoms with E-state index in [1.807, 2.05) is 26.1 Å². The Bertz CT molecular complexity index is 434. The number of piperazine rings is 1. The molecule has 92 valence electrons. The monoisotopic (exact) mass is 297 g/mol. The molecule has 0 spiro atoms. The minimum absolute atomic E-state index is 0.0895. The average molecular weight is 298 g/mol. The Morgan fingerprint density at radius 3 is 3.00 bits per heavy atom. The summed E-state index contributed by atoms with van der Waals surface area (Å²) in [5.41, 5.74) is 0.655. The van der Waals surface area contributed by atoms with Gasteiger partial charge in [-0.25, -0.2) is 0 Å². The lowest BCUT2D eigenvalue weighted by Gasteiger charge is -2.41. The fraction of sp³-hybridized carbons (Fsp3) is 0.500. The predicted octanol–water partition coefficient (Wildman–Crippen LogP) is 1.55. The first-order valence-corrected chi connectivity index (χ1v) is 6.42. The van der Waals surface area contributed by atoms with Gasteiger partial charge in [0.05, 0.1) is 5.54 Å². The Morgan fingerprint density at radius 1 is 1.53 bits per heavy atom. The van der Waals surface area contributed by atoms with Crippen LogP contribution in [0.25, 0.3) is 0 Å². The molecule has 1 aliphatic rings. The van der Waals surface area contributed by atoms with E-state index >= 15 is 0 Å². The lowest BCUT2D eigenvalue weighted by molar-refractivity contribution is -0.135. The normalized spacial score (nSPS) is 20.1. The number of hydrogen-bond donors (Lipinski definition) is 1. The minimum Gasteiger partial charge on any atom is -0.353 e. The third kappa shape index (κ3) is 2.66. The second kappa shape index (κ2) is 4.74. The van der Waals surface area contributed by atoms with E-state index in [0.717, 1.165) is 23.1 Å². The van der Waals surface area contributed by atoms with Crippen LogP contribution in [0.1, 0.15) is 19.4 Å². The lowest BCUT2D eigenvalue weighted by Crippen LogP contribution is -2.61. The number of rotatable bonds is 2. The van der Waals surface area contributed by atoms with Crippen LogP contribution in [0.3, 0.4) is 0 Å². The number of hydrogen-bond acceptors (Lipinski definition) is 3. The standard InChI is InChI=1S/C12H16BrN3O/c1-12(2)11(17)15-3-4-16(12)8-9-5-10(13)7-14-6-9/h5-7H,3-4,8H2,1-2H3,(H,15,17). The van der Waals surface area contributed by atoms with Crippen molar-refractivity contribution in [3.05, 3.63) is 28.5 Å². The van der Waals surface area contributed by atoms with Gasteiger partial charge < -0.3 is 5.32 Å². The predicted molar refractivity (Wildman–Crippen MR) is 69.4 cm³/mol. The molecule has 17 heavy (non-hydrogen) atoms. The van der Waals surface area contributed by atoms with E-state index in [0.29, 0.717) is 6.54 Å². The Balaban J connectivity index is 2.15. The zero-order valence-corrected chi connectivity index (χ0v) is 11.6. The van der Waals surface area contributed by atoms with Gasteiger partial charge in [-0.3, -0.25) is 14.7 Å². The van der Waals surface area contributed by atoms with Gasteiger partial charge in [-0.2, -0.15) is 0 Å². The van der Waals surface area contributed by atoms with Crippen molar-refractivity contribution in [3.63, 3.8) is 0 Å². The quantitative estimate of drug-likeness (QED) is 0.901. The Hall–Kier alpha value is -0.940. The van der Waals surface area contributed by atoms with Crippen LogP contribution in [0.5, 0.6) is 0 Å². The van der Waals surface area contributed by atoms with Crippen molar-refractivity contribution < 1.29 is 4.79 Å². The second-order valence-corrected chi connectivity index (χ2v) is 5.66. The van der Waals surface area contributed by atoms with Crippen molar-refractivity contribution in [2.45, 2.75) is 25.9 Å². The number of pyridine rings is 1. The van der Waals surface area contributed by atoms with Crippen LogP contribution >= 0.6 is 15.9 Å². The van der Waals surface area contributed by atoms with E-state index in [2.05, 4.69) is 31.1 Å². The number of carbonyl (C=O) groups is 1. The maximum absolute atomic E-state index is 11.8. The maximum Gasteiger partial charge on any atom is 0.240 e. The summed E-state index contributed by atoms with van der Waals surface area (Å²) in [6, 6.07) is 2.04. The van der Waals surface area contributed by atoms with Gasteiger partial charge in [-0.05, 0) is 41.4 Å². The molecule has 1 aliphatic heterocycles. The summed E-state index contributed by atoms with van der Waals surface area (Å²) in [4.78, 5) is 18.1. The number of nitrogens with one attached hydrogen (secondary N) is 1. The molecule has 0 radical (unpaired) electrons. The van der Waals surface area contributed by atoms with Gasteiger partial charge in [0.15, 0.2) is 0 Å². The molecule has 0 saturated carbocycles. The molecular formula is C12H16BrN3O. The van der Waals surface area contributed by atoms with Gasteiger partial charge in [0.2, 0.25) is 5.91 Å². The highest BCUT2D eigenvalue weighted by molar-refractivity contribution is 9.10. The highest BCUT2D eigenvalue weighted by Gasteiger charge is 2.37. The fourth-order valence-corrected chi connectivity index (χ4v) is 2.40. The Kier molecular flexibility index (Phi) is 3.49. The van der Waals surface area contributed by atoms with Gasteiger partial charge in [-0.15, -0.1) is 0 Å². The zero-order chi connectivity index (χ0) is 12.5. The molecule has 1 aromatic heterocycles. The summed E-state index contributed by atoms with van der Waals surface area (Å²) in [5, 5.41) is 2.89. The van der Waals surface area contributed by atoms with Crippen molar-refractivity contribution in [1.29, 1.82) is 0 Å². The average Bonchev–Trinajstić information content (AvgIpc) is 2.25. The van der Waals surface area contributed by atoms with Crippen LogP contribution in [-0.4, -0.2) is 34.4 Å². The molecule has 2 rings (SSSR count). The highest BCUT2D eigenvalue weighted by atomic mass is 79.9. The molecule has 0 aromatic carbocycles. The molecule has 1 saturated heterocycles. The highest BCUT2D eigenvalue weighted by Crippen LogP contribution is 2.21. The second-order valence-electron chi connectivity index (χ2n) is 4.75. The van der Waals surface area contributed by atoms with Crippen molar-refractivity contribution in [3.8, 4) is 0 Å². The van der Waals surface area contributed by atoms with Crippen LogP contribution in [0.4, 0.5) is 0 Å². The van der Waals surface area contributed by atoms with E-state index in [9.17, 15) is 4.79 Å². The van der Waals surface area contributed by atoms with Crippen LogP contribution in [-0.2, 0) is 11.3 Å². The summed E-state index contributed by atoms with van der Waals surface area (Å²) in [6.45, 7) is 6.22. The zero-order valence-electron chi connectivity index (χ0n) is 10.0. The molecule has 0 unspecified atom stereocenters. The third-order valence-electron chi connectivity index (χ3n) is 3.15. The van der Waals surface area contributed by atoms with E-state index in [1.54, 1.807) is 6.20 Å². The van der Waals surface area contributed by atoms with Crippen molar-refractivity contribution in [1.82, 2.24) is 15.2 Å². The van der Waals surface area contributed by atoms with E-state index < -0.39 is 5.54 Å². The molecule has 1 aromatic rings. The molecule has 1 amide bonds. The summed E-state index contributed by atoms with van der Waals surface area (Å²) in [6.07, 6.45) is 3.60. The number of aromatic nitrogens is 1. The number of nitrogens with zero attached hydrogens (tertiary/aromatic N) is 2. The summed E-state index contributed by atoms with van der Waals surface area (Å²) in [7, 11) is 0. The van der Waals surface area contributed by atoms with E-state index in [-0.39, 0.29) is 5.91 Å². The summed E-state index contributed by atoms with van der Waals surface area (Å²) >= 11 is 3.41. The molecule has 1 fully saturated rings. The minimum atomic E-state index is -0.458. The van der Waals surface area contributed by atoms with Crippen molar-refractivity contribution in [2.75, 3.05) is 13.1 Å². The van der Waals surface area contributed by atoms with Gasteiger partial charge in [-0.1, -0.05) is 0 Å². The molecule has 0 aliphatic carbocycles. The van der Waals surface area contributed by atoms with Crippen LogP contribution in [0.15, 0.2) is 22.9 Å². The van der Waals surface area contributed by atoms with Gasteiger partial charge in [0.1, 0.15) is 0 Å². The maximum atomic E-state index is 11.8. The molecule has 5 heteroatoms. The summed E-state index contributed by atoms with van der Waals surface area (Å²) in [5.74, 6) is 0.0895. The molecular weight excluding hydrogens is 282 g/mol. The van der Waals surface area contributed by atoms with Crippen LogP contribution < -0.4 is 5.32 Å². The molecule has 0 bridgehead atoms. The topological polar surface area (TPSA) is 45.2 Å². The van der Waals surface area contributed by atoms with Gasteiger partial charge in [0, 0.05) is 36.5 Å². The molecule has 2 heterocycles. The van der Waals surface area contributed by atoms with Crippen LogP contribution in [0.2, 0.25) is 0 Å². The Labute approximate surface area is 110 Å². The van der Waals surface area contributed by atoms with Crippen molar-refractivity contribution >= 4 is 21.8 Å². The van der Waals surface area contributed by atoms with E-state index in [1.165, 1.54) is 0 Å². The first-order valence-electron chi connectivity index (χ1n) is 5.63. The van der Waals surface area contributed by atoms with Crippen molar-refractivity contribution in [2.24, 2.45) is 0 Å². The first kappa shape index (κ1) is 12.5.